The molecule has 2 aliphatic rings. The fourth-order valence-electron chi connectivity index (χ4n) is 8.22. The topological polar surface area (TPSA) is 43.6 Å². The summed E-state index contributed by atoms with van der Waals surface area (Å²) in [5, 5.41) is 12.4. The van der Waals surface area contributed by atoms with Crippen molar-refractivity contribution in [1.82, 2.24) is 20.0 Å². The summed E-state index contributed by atoms with van der Waals surface area (Å²) in [6.07, 6.45) is 11.5. The van der Waals surface area contributed by atoms with Gasteiger partial charge in [-0.1, -0.05) is 127 Å². The molecular formula is C48H34N4. The van der Waals surface area contributed by atoms with Crippen molar-refractivity contribution in [3.8, 4) is 27.9 Å². The smallest absolute Gasteiger partial charge is 0.121 e. The number of nitrogens with zero attached hydrogens (tertiary/aromatic N) is 4. The highest BCUT2D eigenvalue weighted by Gasteiger charge is 2.34. The zero-order valence-corrected chi connectivity index (χ0v) is 28.7. The fraction of sp³-hybridized carbons (Fsp3) is 0.0625. The van der Waals surface area contributed by atoms with E-state index in [4.69, 9.17) is 10.2 Å². The SMILES string of the molecule is Cc1ccccc1C1C2=CC=CCC2=C(c2ccccc2)c2ccc(-c3cc4nn(-c5ccc(-c6cccnc6)cc5)nc4c4ccccc34)cc21. The second kappa shape index (κ2) is 12.3. The Morgan fingerprint density at radius 3 is 2.21 bits per heavy atom. The van der Waals surface area contributed by atoms with Crippen LogP contribution in [0.4, 0.5) is 0 Å². The van der Waals surface area contributed by atoms with E-state index in [1.54, 1.807) is 11.0 Å². The molecule has 10 rings (SSSR count). The van der Waals surface area contributed by atoms with Crippen molar-refractivity contribution >= 4 is 27.4 Å². The number of aryl methyl sites for hydroxylation is 1. The third-order valence-electron chi connectivity index (χ3n) is 10.7. The highest BCUT2D eigenvalue weighted by atomic mass is 15.5. The minimum Gasteiger partial charge on any atom is -0.264 e. The van der Waals surface area contributed by atoms with Gasteiger partial charge in [0, 0.05) is 23.7 Å². The van der Waals surface area contributed by atoms with Gasteiger partial charge in [0.1, 0.15) is 11.0 Å². The van der Waals surface area contributed by atoms with Gasteiger partial charge < -0.3 is 0 Å². The molecule has 0 bridgehead atoms. The average molecular weight is 667 g/mol. The van der Waals surface area contributed by atoms with Gasteiger partial charge in [0.25, 0.3) is 0 Å². The average Bonchev–Trinajstić information content (AvgIpc) is 3.65. The standard InChI is InChI=1S/C48H34N4/c1-31-12-5-6-16-37(31)47-40-19-9-8-18-39(40)46(33-13-3-2-4-14-33)41-26-23-34(28-44(41)47)43-29-45-48(42-20-10-7-17-38(42)43)51-52(50-45)36-24-21-32(22-25-36)35-15-11-27-49-30-35/h2-17,19-30,47H,18H2,1H3. The Balaban J connectivity index is 1.16. The van der Waals surface area contributed by atoms with Crippen LogP contribution in [0.3, 0.4) is 0 Å². The first kappa shape index (κ1) is 30.2. The third kappa shape index (κ3) is 4.95. The summed E-state index contributed by atoms with van der Waals surface area (Å²) in [5.41, 5.74) is 17.9. The molecule has 4 nitrogen and oxygen atoms in total. The Kier molecular flexibility index (Phi) is 7.14. The molecule has 0 spiro atoms. The van der Waals surface area contributed by atoms with Crippen molar-refractivity contribution in [3.05, 3.63) is 209 Å². The monoisotopic (exact) mass is 666 g/mol. The van der Waals surface area contributed by atoms with E-state index in [-0.39, 0.29) is 5.92 Å². The van der Waals surface area contributed by atoms with E-state index in [0.717, 1.165) is 50.6 Å². The molecule has 0 saturated heterocycles. The van der Waals surface area contributed by atoms with Gasteiger partial charge in [-0.05, 0) is 116 Å². The number of pyridine rings is 1. The predicted octanol–water partition coefficient (Wildman–Crippen LogP) is 11.4. The summed E-state index contributed by atoms with van der Waals surface area (Å²) >= 11 is 0. The molecule has 0 amide bonds. The number of rotatable bonds is 5. The van der Waals surface area contributed by atoms with Crippen LogP contribution in [0.2, 0.25) is 0 Å². The van der Waals surface area contributed by atoms with Gasteiger partial charge >= 0.3 is 0 Å². The molecule has 246 valence electrons. The summed E-state index contributed by atoms with van der Waals surface area (Å²) in [6.45, 7) is 2.24. The Morgan fingerprint density at radius 1 is 0.615 bits per heavy atom. The Labute approximate surface area is 302 Å². The van der Waals surface area contributed by atoms with Crippen molar-refractivity contribution < 1.29 is 0 Å². The van der Waals surface area contributed by atoms with E-state index in [1.807, 2.05) is 12.3 Å². The number of benzene rings is 6. The predicted molar refractivity (Wildman–Crippen MR) is 212 cm³/mol. The molecule has 2 aromatic heterocycles. The van der Waals surface area contributed by atoms with Gasteiger partial charge in [-0.25, -0.2) is 0 Å². The first-order chi connectivity index (χ1) is 25.7. The number of allylic oxidation sites excluding steroid dienone is 5. The first-order valence-corrected chi connectivity index (χ1v) is 17.9. The van der Waals surface area contributed by atoms with Crippen LogP contribution in [0.25, 0.3) is 55.3 Å². The third-order valence-corrected chi connectivity index (χ3v) is 10.7. The number of hydrogen-bond acceptors (Lipinski definition) is 3. The summed E-state index contributed by atoms with van der Waals surface area (Å²) in [5.74, 6) is 0.120. The van der Waals surface area contributed by atoms with Gasteiger partial charge in [0.05, 0.1) is 5.69 Å². The lowest BCUT2D eigenvalue weighted by molar-refractivity contribution is 0.766. The van der Waals surface area contributed by atoms with Crippen LogP contribution in [-0.4, -0.2) is 20.0 Å². The van der Waals surface area contributed by atoms with E-state index >= 15 is 0 Å². The number of aromatic nitrogens is 4. The zero-order chi connectivity index (χ0) is 34.6. The van der Waals surface area contributed by atoms with Crippen molar-refractivity contribution in [2.24, 2.45) is 0 Å². The van der Waals surface area contributed by atoms with Crippen LogP contribution >= 0.6 is 0 Å². The van der Waals surface area contributed by atoms with Gasteiger partial charge in [-0.3, -0.25) is 4.98 Å². The van der Waals surface area contributed by atoms with Gasteiger partial charge in [0.2, 0.25) is 0 Å². The lowest BCUT2D eigenvalue weighted by Gasteiger charge is -2.35. The first-order valence-electron chi connectivity index (χ1n) is 17.9. The van der Waals surface area contributed by atoms with E-state index in [9.17, 15) is 0 Å². The molecule has 1 atom stereocenters. The van der Waals surface area contributed by atoms with Crippen LogP contribution in [-0.2, 0) is 0 Å². The van der Waals surface area contributed by atoms with E-state index in [2.05, 4.69) is 164 Å². The molecule has 8 aromatic rings. The second-order valence-electron chi connectivity index (χ2n) is 13.7. The van der Waals surface area contributed by atoms with Crippen LogP contribution in [0.15, 0.2) is 181 Å². The molecule has 2 heterocycles. The maximum atomic E-state index is 5.06. The van der Waals surface area contributed by atoms with Crippen molar-refractivity contribution in [2.45, 2.75) is 19.3 Å². The largest absolute Gasteiger partial charge is 0.264 e. The highest BCUT2D eigenvalue weighted by Crippen LogP contribution is 2.51. The maximum absolute atomic E-state index is 5.06. The van der Waals surface area contributed by atoms with Gasteiger partial charge in [0.15, 0.2) is 0 Å². The minimum absolute atomic E-state index is 0.120. The molecule has 0 radical (unpaired) electrons. The lowest BCUT2D eigenvalue weighted by atomic mass is 9.68. The zero-order valence-electron chi connectivity index (χ0n) is 28.7. The van der Waals surface area contributed by atoms with Crippen molar-refractivity contribution in [3.63, 3.8) is 0 Å². The van der Waals surface area contributed by atoms with Gasteiger partial charge in [-0.15, -0.1) is 10.2 Å². The molecule has 1 unspecified atom stereocenters. The quantitative estimate of drug-likeness (QED) is 0.184. The Morgan fingerprint density at radius 2 is 1.38 bits per heavy atom. The summed E-state index contributed by atoms with van der Waals surface area (Å²) in [6, 6.07) is 50.1. The molecule has 4 heteroatoms. The number of hydrogen-bond donors (Lipinski definition) is 0. The van der Waals surface area contributed by atoms with Crippen molar-refractivity contribution in [1.29, 1.82) is 0 Å². The fourth-order valence-corrected chi connectivity index (χ4v) is 8.22. The van der Waals surface area contributed by atoms with Crippen LogP contribution in [0.5, 0.6) is 0 Å². The van der Waals surface area contributed by atoms with E-state index in [0.29, 0.717) is 0 Å². The number of fused-ring (bicyclic) bond motifs is 5. The molecule has 0 fully saturated rings. The summed E-state index contributed by atoms with van der Waals surface area (Å²) in [7, 11) is 0. The van der Waals surface area contributed by atoms with E-state index < -0.39 is 0 Å². The summed E-state index contributed by atoms with van der Waals surface area (Å²) < 4.78 is 0. The second-order valence-corrected chi connectivity index (χ2v) is 13.7. The van der Waals surface area contributed by atoms with Gasteiger partial charge in [-0.2, -0.15) is 4.80 Å². The lowest BCUT2D eigenvalue weighted by Crippen LogP contribution is -2.18. The Hall–Kier alpha value is -6.65. The van der Waals surface area contributed by atoms with E-state index in [1.165, 1.54) is 50.1 Å². The molecule has 0 aliphatic heterocycles. The van der Waals surface area contributed by atoms with Crippen LogP contribution < -0.4 is 0 Å². The molecular weight excluding hydrogens is 633 g/mol. The Bertz CT molecular complexity index is 2750. The molecule has 6 aromatic carbocycles. The molecule has 2 aliphatic carbocycles. The normalized spacial score (nSPS) is 15.1. The summed E-state index contributed by atoms with van der Waals surface area (Å²) in [4.78, 5) is 6.04. The minimum atomic E-state index is 0.120. The van der Waals surface area contributed by atoms with Crippen molar-refractivity contribution in [2.75, 3.05) is 0 Å². The maximum Gasteiger partial charge on any atom is 0.121 e. The van der Waals surface area contributed by atoms with Crippen LogP contribution in [0.1, 0.15) is 40.2 Å². The molecule has 0 saturated carbocycles. The highest BCUT2D eigenvalue weighted by molar-refractivity contribution is 6.11. The molecule has 0 N–H and O–H groups in total. The molecule has 52 heavy (non-hydrogen) atoms. The van der Waals surface area contributed by atoms with Crippen LogP contribution in [0, 0.1) is 6.92 Å².